The number of ether oxygens (including phenoxy) is 1. The van der Waals surface area contributed by atoms with Crippen molar-refractivity contribution in [3.8, 4) is 5.75 Å². The van der Waals surface area contributed by atoms with Crippen molar-refractivity contribution >= 4 is 23.5 Å². The Morgan fingerprint density at radius 1 is 1.19 bits per heavy atom. The van der Waals surface area contributed by atoms with E-state index in [1.165, 1.54) is 0 Å². The van der Waals surface area contributed by atoms with Gasteiger partial charge in [-0.25, -0.2) is 4.99 Å². The molecule has 0 aliphatic carbocycles. The Kier molecular flexibility index (Phi) is 8.45. The first kappa shape index (κ1) is 20.6. The van der Waals surface area contributed by atoms with Crippen LogP contribution in [0, 0.1) is 0 Å². The van der Waals surface area contributed by atoms with Crippen molar-refractivity contribution in [1.29, 1.82) is 0 Å². The number of halogens is 1. The third kappa shape index (κ3) is 7.58. The van der Waals surface area contributed by atoms with Crippen molar-refractivity contribution in [3.63, 3.8) is 0 Å². The highest BCUT2D eigenvalue weighted by atomic mass is 35.5. The zero-order valence-corrected chi connectivity index (χ0v) is 16.1. The van der Waals surface area contributed by atoms with Gasteiger partial charge in [0.25, 0.3) is 5.91 Å². The van der Waals surface area contributed by atoms with Crippen molar-refractivity contribution in [2.24, 2.45) is 10.7 Å². The van der Waals surface area contributed by atoms with Gasteiger partial charge >= 0.3 is 0 Å². The Morgan fingerprint density at radius 3 is 2.74 bits per heavy atom. The monoisotopic (exact) mass is 388 g/mol. The number of hydrogen-bond donors (Lipinski definition) is 3. The van der Waals surface area contributed by atoms with E-state index in [4.69, 9.17) is 22.1 Å². The van der Waals surface area contributed by atoms with Crippen LogP contribution in [0.1, 0.15) is 18.1 Å². The average Bonchev–Trinajstić information content (AvgIpc) is 2.66. The van der Waals surface area contributed by atoms with E-state index in [1.807, 2.05) is 49.4 Å². The molecule has 0 unspecified atom stereocenters. The number of carbonyl (C=O) groups excluding carboxylic acids is 1. The molecule has 4 N–H and O–H groups in total. The van der Waals surface area contributed by atoms with E-state index in [0.717, 1.165) is 41.6 Å². The zero-order valence-electron chi connectivity index (χ0n) is 15.4. The van der Waals surface area contributed by atoms with Gasteiger partial charge in [-0.05, 0) is 42.7 Å². The minimum Gasteiger partial charge on any atom is -0.484 e. The summed E-state index contributed by atoms with van der Waals surface area (Å²) in [5.74, 6) is 0.821. The summed E-state index contributed by atoms with van der Waals surface area (Å²) >= 11 is 6.19. The molecule has 2 aromatic carbocycles. The van der Waals surface area contributed by atoms with E-state index in [2.05, 4.69) is 15.6 Å². The molecule has 0 spiro atoms. The smallest absolute Gasteiger partial charge is 0.255 e. The molecule has 0 radical (unpaired) electrons. The number of hydrogen-bond acceptors (Lipinski definition) is 3. The second-order valence-corrected chi connectivity index (χ2v) is 6.27. The highest BCUT2D eigenvalue weighted by Gasteiger charge is 2.02. The third-order valence-electron chi connectivity index (χ3n) is 3.69. The Balaban J connectivity index is 1.91. The molecule has 0 heterocycles. The fourth-order valence-corrected chi connectivity index (χ4v) is 2.65. The highest BCUT2D eigenvalue weighted by Crippen LogP contribution is 2.15. The average molecular weight is 389 g/mol. The maximum atomic E-state index is 10.8. The van der Waals surface area contributed by atoms with Crippen molar-refractivity contribution in [2.45, 2.75) is 19.9 Å². The minimum absolute atomic E-state index is 0.140. The van der Waals surface area contributed by atoms with Crippen LogP contribution in [0.25, 0.3) is 0 Å². The molecule has 0 saturated heterocycles. The van der Waals surface area contributed by atoms with E-state index < -0.39 is 5.91 Å². The van der Waals surface area contributed by atoms with Crippen LogP contribution in [0.2, 0.25) is 5.02 Å². The zero-order chi connectivity index (χ0) is 19.5. The Hall–Kier alpha value is -2.73. The third-order valence-corrected chi connectivity index (χ3v) is 4.06. The van der Waals surface area contributed by atoms with Gasteiger partial charge < -0.3 is 21.1 Å². The normalized spacial score (nSPS) is 11.1. The lowest BCUT2D eigenvalue weighted by atomic mass is 10.1. The topological polar surface area (TPSA) is 88.7 Å². The number of nitrogens with zero attached hydrogens (tertiary/aromatic N) is 1. The number of nitrogens with two attached hydrogens (primary N) is 1. The van der Waals surface area contributed by atoms with Crippen LogP contribution in [-0.4, -0.2) is 31.6 Å². The molecule has 0 saturated carbocycles. The van der Waals surface area contributed by atoms with Gasteiger partial charge in [-0.3, -0.25) is 4.79 Å². The summed E-state index contributed by atoms with van der Waals surface area (Å²) in [6.07, 6.45) is 0.806. The van der Waals surface area contributed by atoms with Crippen LogP contribution in [0.4, 0.5) is 0 Å². The highest BCUT2D eigenvalue weighted by molar-refractivity contribution is 6.31. The minimum atomic E-state index is -0.504. The van der Waals surface area contributed by atoms with E-state index in [-0.39, 0.29) is 6.61 Å². The lowest BCUT2D eigenvalue weighted by Crippen LogP contribution is -2.38. The summed E-state index contributed by atoms with van der Waals surface area (Å²) in [6.45, 7) is 3.84. The molecule has 0 fully saturated rings. The number of amides is 1. The molecule has 6 nitrogen and oxygen atoms in total. The summed E-state index contributed by atoms with van der Waals surface area (Å²) < 4.78 is 5.32. The van der Waals surface area contributed by atoms with Crippen LogP contribution in [0.15, 0.2) is 53.5 Å². The quantitative estimate of drug-likeness (QED) is 0.455. The van der Waals surface area contributed by atoms with Gasteiger partial charge in [0.15, 0.2) is 12.6 Å². The van der Waals surface area contributed by atoms with Gasteiger partial charge in [-0.2, -0.15) is 0 Å². The van der Waals surface area contributed by atoms with Crippen molar-refractivity contribution in [3.05, 3.63) is 64.7 Å². The van der Waals surface area contributed by atoms with E-state index in [9.17, 15) is 4.79 Å². The molecule has 0 aliphatic heterocycles. The number of benzene rings is 2. The van der Waals surface area contributed by atoms with E-state index >= 15 is 0 Å². The fourth-order valence-electron chi connectivity index (χ4n) is 2.42. The molecular formula is C20H25ClN4O2. The molecule has 144 valence electrons. The lowest BCUT2D eigenvalue weighted by Gasteiger charge is -2.12. The lowest BCUT2D eigenvalue weighted by molar-refractivity contribution is -0.119. The molecule has 2 aromatic rings. The number of carbonyl (C=O) groups is 1. The molecule has 27 heavy (non-hydrogen) atoms. The van der Waals surface area contributed by atoms with E-state index in [0.29, 0.717) is 12.3 Å². The number of aliphatic imine (C=N–C) groups is 1. The molecule has 0 bridgehead atoms. The molecule has 0 atom stereocenters. The Labute approximate surface area is 164 Å². The van der Waals surface area contributed by atoms with E-state index in [1.54, 1.807) is 6.07 Å². The van der Waals surface area contributed by atoms with Crippen LogP contribution < -0.4 is 21.1 Å². The van der Waals surface area contributed by atoms with Crippen LogP contribution >= 0.6 is 11.6 Å². The van der Waals surface area contributed by atoms with Gasteiger partial charge in [-0.15, -0.1) is 0 Å². The van der Waals surface area contributed by atoms with Crippen LogP contribution in [-0.2, 0) is 17.8 Å². The standard InChI is InChI=1S/C20H25ClN4O2/c1-2-23-20(24-11-10-16-7-3-4-9-18(16)21)25-13-15-6-5-8-17(12-15)27-14-19(22)26/h3-9,12H,2,10-11,13-14H2,1H3,(H2,22,26)(H2,23,24,25). The van der Waals surface area contributed by atoms with Crippen molar-refractivity contribution in [2.75, 3.05) is 19.7 Å². The summed E-state index contributed by atoms with van der Waals surface area (Å²) in [5, 5.41) is 7.30. The maximum absolute atomic E-state index is 10.8. The molecule has 0 aliphatic rings. The summed E-state index contributed by atoms with van der Waals surface area (Å²) in [5.41, 5.74) is 7.17. The van der Waals surface area contributed by atoms with Gasteiger partial charge in [0.2, 0.25) is 0 Å². The SMILES string of the molecule is CCNC(=NCc1cccc(OCC(N)=O)c1)NCCc1ccccc1Cl. The summed E-state index contributed by atoms with van der Waals surface area (Å²) in [7, 11) is 0. The Bertz CT molecular complexity index is 780. The number of primary amides is 1. The molecule has 7 heteroatoms. The Morgan fingerprint density at radius 2 is 2.00 bits per heavy atom. The number of guanidine groups is 1. The number of rotatable bonds is 9. The van der Waals surface area contributed by atoms with Crippen LogP contribution in [0.3, 0.4) is 0 Å². The second kappa shape index (κ2) is 11.1. The van der Waals surface area contributed by atoms with Gasteiger partial charge in [-0.1, -0.05) is 41.9 Å². The summed E-state index contributed by atoms with van der Waals surface area (Å²) in [4.78, 5) is 15.4. The van der Waals surface area contributed by atoms with Crippen LogP contribution in [0.5, 0.6) is 5.75 Å². The first-order valence-corrected chi connectivity index (χ1v) is 9.22. The first-order valence-electron chi connectivity index (χ1n) is 8.84. The first-order chi connectivity index (χ1) is 13.1. The predicted molar refractivity (Wildman–Crippen MR) is 109 cm³/mol. The van der Waals surface area contributed by atoms with Crippen molar-refractivity contribution < 1.29 is 9.53 Å². The van der Waals surface area contributed by atoms with Gasteiger partial charge in [0.1, 0.15) is 5.75 Å². The molecule has 1 amide bonds. The second-order valence-electron chi connectivity index (χ2n) is 5.87. The molecule has 0 aromatic heterocycles. The largest absolute Gasteiger partial charge is 0.484 e. The number of nitrogens with one attached hydrogen (secondary N) is 2. The molecule has 2 rings (SSSR count). The summed E-state index contributed by atoms with van der Waals surface area (Å²) in [6, 6.07) is 15.3. The predicted octanol–water partition coefficient (Wildman–Crippen LogP) is 2.50. The van der Waals surface area contributed by atoms with Gasteiger partial charge in [0, 0.05) is 18.1 Å². The maximum Gasteiger partial charge on any atom is 0.255 e. The van der Waals surface area contributed by atoms with Crippen molar-refractivity contribution in [1.82, 2.24) is 10.6 Å². The molecular weight excluding hydrogens is 364 g/mol. The fraction of sp³-hybridized carbons (Fsp3) is 0.300. The van der Waals surface area contributed by atoms with Gasteiger partial charge in [0.05, 0.1) is 6.54 Å².